The topological polar surface area (TPSA) is 80.2 Å². The minimum Gasteiger partial charge on any atom is -0.331 e. The van der Waals surface area contributed by atoms with E-state index in [0.717, 1.165) is 0 Å². The molecule has 0 aliphatic heterocycles. The van der Waals surface area contributed by atoms with Crippen molar-refractivity contribution in [3.63, 3.8) is 0 Å². The van der Waals surface area contributed by atoms with Gasteiger partial charge in [0.1, 0.15) is 6.54 Å². The number of benzene rings is 4. The van der Waals surface area contributed by atoms with E-state index in [9.17, 15) is 14.4 Å². The largest absolute Gasteiger partial charge is 0.331 e. The van der Waals surface area contributed by atoms with Crippen LogP contribution in [0.15, 0.2) is 102 Å². The average molecular weight is 482 g/mol. The van der Waals surface area contributed by atoms with Crippen LogP contribution in [0.2, 0.25) is 5.02 Å². The average Bonchev–Trinajstić information content (AvgIpc) is 2.88. The maximum atomic E-state index is 13.2. The van der Waals surface area contributed by atoms with Crippen molar-refractivity contribution in [3.8, 4) is 0 Å². The van der Waals surface area contributed by atoms with Crippen LogP contribution < -0.4 is 16.1 Å². The molecule has 7 heteroatoms. The second kappa shape index (κ2) is 9.44. The van der Waals surface area contributed by atoms with Gasteiger partial charge in [-0.2, -0.15) is 0 Å². The van der Waals surface area contributed by atoms with Crippen LogP contribution in [0, 0.1) is 0 Å². The monoisotopic (exact) mass is 481 g/mol. The molecule has 5 rings (SSSR count). The lowest BCUT2D eigenvalue weighted by Gasteiger charge is -2.16. The number of aromatic nitrogens is 1. The van der Waals surface area contributed by atoms with Crippen molar-refractivity contribution >= 4 is 56.6 Å². The fourth-order valence-corrected chi connectivity index (χ4v) is 4.20. The van der Waals surface area contributed by atoms with Crippen molar-refractivity contribution in [2.75, 3.05) is 10.6 Å². The zero-order valence-corrected chi connectivity index (χ0v) is 19.3. The Morgan fingerprint density at radius 3 is 1.80 bits per heavy atom. The summed E-state index contributed by atoms with van der Waals surface area (Å²) in [5, 5.41) is 7.37. The summed E-state index contributed by atoms with van der Waals surface area (Å²) in [7, 11) is 0. The summed E-state index contributed by atoms with van der Waals surface area (Å²) in [4.78, 5) is 38.8. The molecular weight excluding hydrogens is 462 g/mol. The third-order valence-corrected chi connectivity index (χ3v) is 5.99. The summed E-state index contributed by atoms with van der Waals surface area (Å²) in [5.41, 5.74) is 2.67. The fourth-order valence-electron chi connectivity index (χ4n) is 4.08. The van der Waals surface area contributed by atoms with Crippen molar-refractivity contribution < 1.29 is 9.59 Å². The van der Waals surface area contributed by atoms with Crippen molar-refractivity contribution in [2.24, 2.45) is 0 Å². The van der Waals surface area contributed by atoms with Crippen LogP contribution >= 0.6 is 11.6 Å². The molecule has 2 amide bonds. The Kier molecular flexibility index (Phi) is 6.04. The standard InChI is InChI=1S/C28H20ClN3O3/c29-19-15-13-18(14-16-19)28(35)31-23-10-4-3-9-22(23)30-26(33)17-32-24-11-5-1-7-20(24)27(34)21-8-2-6-12-25(21)32/h1-16H,17H2,(H,30,33)(H,31,35). The SMILES string of the molecule is O=C(Cn1c2ccccc2c(=O)c2ccccc21)Nc1ccccc1NC(=O)c1ccc(Cl)cc1. The third kappa shape index (κ3) is 4.52. The van der Waals surface area contributed by atoms with Gasteiger partial charge in [-0.1, -0.05) is 48.0 Å². The summed E-state index contributed by atoms with van der Waals surface area (Å²) in [6, 6.07) is 28.0. The van der Waals surface area contributed by atoms with E-state index in [1.807, 2.05) is 41.0 Å². The van der Waals surface area contributed by atoms with E-state index in [0.29, 0.717) is 43.8 Å². The number of nitrogens with zero attached hydrogens (tertiary/aromatic N) is 1. The number of pyridine rings is 1. The first kappa shape index (κ1) is 22.4. The lowest BCUT2D eigenvalue weighted by Crippen LogP contribution is -2.22. The van der Waals surface area contributed by atoms with Gasteiger partial charge in [-0.3, -0.25) is 14.4 Å². The highest BCUT2D eigenvalue weighted by molar-refractivity contribution is 6.30. The molecule has 0 saturated carbocycles. The number of anilines is 2. The van der Waals surface area contributed by atoms with Crippen molar-refractivity contribution in [1.82, 2.24) is 4.57 Å². The number of carbonyl (C=O) groups is 2. The van der Waals surface area contributed by atoms with Gasteiger partial charge in [0.05, 0.1) is 22.4 Å². The third-order valence-electron chi connectivity index (χ3n) is 5.74. The predicted molar refractivity (Wildman–Crippen MR) is 140 cm³/mol. The molecule has 0 aliphatic rings. The second-order valence-corrected chi connectivity index (χ2v) is 8.44. The molecule has 0 radical (unpaired) electrons. The smallest absolute Gasteiger partial charge is 0.255 e. The number of carbonyl (C=O) groups excluding carboxylic acids is 2. The second-order valence-electron chi connectivity index (χ2n) is 8.00. The molecule has 2 N–H and O–H groups in total. The van der Waals surface area contributed by atoms with Gasteiger partial charge < -0.3 is 15.2 Å². The Morgan fingerprint density at radius 1 is 0.686 bits per heavy atom. The molecule has 0 spiro atoms. The van der Waals surface area contributed by atoms with Crippen LogP contribution in [-0.2, 0) is 11.3 Å². The first-order valence-electron chi connectivity index (χ1n) is 11.0. The zero-order chi connectivity index (χ0) is 24.4. The quantitative estimate of drug-likeness (QED) is 0.316. The van der Waals surface area contributed by atoms with E-state index in [4.69, 9.17) is 11.6 Å². The van der Waals surface area contributed by atoms with Gasteiger partial charge in [0.2, 0.25) is 5.91 Å². The molecular formula is C28H20ClN3O3. The van der Waals surface area contributed by atoms with Crippen molar-refractivity contribution in [3.05, 3.63) is 118 Å². The van der Waals surface area contributed by atoms with E-state index in [2.05, 4.69) is 10.6 Å². The van der Waals surface area contributed by atoms with Crippen molar-refractivity contribution in [1.29, 1.82) is 0 Å². The maximum absolute atomic E-state index is 13.2. The molecule has 35 heavy (non-hydrogen) atoms. The van der Waals surface area contributed by atoms with E-state index in [-0.39, 0.29) is 23.8 Å². The van der Waals surface area contributed by atoms with Gasteiger partial charge in [0.15, 0.2) is 5.43 Å². The van der Waals surface area contributed by atoms with Crippen LogP contribution in [0.3, 0.4) is 0 Å². The zero-order valence-electron chi connectivity index (χ0n) is 18.5. The van der Waals surface area contributed by atoms with E-state index < -0.39 is 0 Å². The van der Waals surface area contributed by atoms with Gasteiger partial charge in [-0.25, -0.2) is 0 Å². The highest BCUT2D eigenvalue weighted by atomic mass is 35.5. The van der Waals surface area contributed by atoms with Crippen LogP contribution in [0.5, 0.6) is 0 Å². The molecule has 0 aliphatic carbocycles. The van der Waals surface area contributed by atoms with Crippen LogP contribution in [-0.4, -0.2) is 16.4 Å². The highest BCUT2D eigenvalue weighted by Crippen LogP contribution is 2.23. The maximum Gasteiger partial charge on any atom is 0.255 e. The van der Waals surface area contributed by atoms with Gasteiger partial charge >= 0.3 is 0 Å². The number of rotatable bonds is 5. The molecule has 5 aromatic rings. The molecule has 0 unspecified atom stereocenters. The van der Waals surface area contributed by atoms with Gasteiger partial charge in [-0.05, 0) is 60.7 Å². The van der Waals surface area contributed by atoms with Crippen LogP contribution in [0.1, 0.15) is 10.4 Å². The molecule has 6 nitrogen and oxygen atoms in total. The number of hydrogen-bond donors (Lipinski definition) is 2. The number of fused-ring (bicyclic) bond motifs is 2. The Labute approximate surface area is 205 Å². The Balaban J connectivity index is 1.44. The molecule has 1 aromatic heterocycles. The molecule has 1 heterocycles. The van der Waals surface area contributed by atoms with Crippen molar-refractivity contribution in [2.45, 2.75) is 6.54 Å². The van der Waals surface area contributed by atoms with E-state index in [1.54, 1.807) is 60.7 Å². The van der Waals surface area contributed by atoms with Crippen LogP contribution in [0.25, 0.3) is 21.8 Å². The number of nitrogens with one attached hydrogen (secondary N) is 2. The van der Waals surface area contributed by atoms with Gasteiger partial charge in [0, 0.05) is 21.4 Å². The minimum atomic E-state index is -0.319. The Morgan fingerprint density at radius 2 is 1.20 bits per heavy atom. The first-order chi connectivity index (χ1) is 17.0. The molecule has 0 bridgehead atoms. The van der Waals surface area contributed by atoms with Gasteiger partial charge in [-0.15, -0.1) is 0 Å². The normalized spacial score (nSPS) is 10.9. The fraction of sp³-hybridized carbons (Fsp3) is 0.0357. The lowest BCUT2D eigenvalue weighted by molar-refractivity contribution is -0.116. The summed E-state index contributed by atoms with van der Waals surface area (Å²) in [5.74, 6) is -0.613. The van der Waals surface area contributed by atoms with Crippen LogP contribution in [0.4, 0.5) is 11.4 Å². The number of amides is 2. The minimum absolute atomic E-state index is 0.0131. The molecule has 172 valence electrons. The highest BCUT2D eigenvalue weighted by Gasteiger charge is 2.15. The molecule has 4 aromatic carbocycles. The summed E-state index contributed by atoms with van der Waals surface area (Å²) < 4.78 is 1.83. The summed E-state index contributed by atoms with van der Waals surface area (Å²) in [6.45, 7) is -0.0131. The number of para-hydroxylation sites is 4. The molecule has 0 fully saturated rings. The first-order valence-corrected chi connectivity index (χ1v) is 11.3. The number of hydrogen-bond acceptors (Lipinski definition) is 3. The number of halogens is 1. The lowest BCUT2D eigenvalue weighted by atomic mass is 10.1. The Bertz CT molecular complexity index is 1580. The molecule has 0 saturated heterocycles. The van der Waals surface area contributed by atoms with E-state index >= 15 is 0 Å². The van der Waals surface area contributed by atoms with Gasteiger partial charge in [0.25, 0.3) is 5.91 Å². The van der Waals surface area contributed by atoms with E-state index in [1.165, 1.54) is 0 Å². The molecule has 0 atom stereocenters. The Hall–Kier alpha value is -4.42. The summed E-state index contributed by atoms with van der Waals surface area (Å²) in [6.07, 6.45) is 0. The predicted octanol–water partition coefficient (Wildman–Crippen LogP) is 5.70. The summed E-state index contributed by atoms with van der Waals surface area (Å²) >= 11 is 5.91.